The zero-order valence-corrected chi connectivity index (χ0v) is 9.52. The van der Waals surface area contributed by atoms with E-state index in [1.165, 1.54) is 29.0 Å². The number of hydrogen-bond acceptors (Lipinski definition) is 0. The van der Waals surface area contributed by atoms with Crippen LogP contribution in [0.25, 0.3) is 0 Å². The Labute approximate surface area is 83.6 Å². The van der Waals surface area contributed by atoms with E-state index in [-0.39, 0.29) is 4.71 Å². The van der Waals surface area contributed by atoms with Crippen molar-refractivity contribution in [3.8, 4) is 0 Å². The van der Waals surface area contributed by atoms with E-state index in [0.29, 0.717) is 0 Å². The predicted octanol–water partition coefficient (Wildman–Crippen LogP) is 2.40. The quantitative estimate of drug-likeness (QED) is 0.671. The minimum atomic E-state index is -4.22. The molecule has 0 aliphatic heterocycles. The average Bonchev–Trinajstić information content (AvgIpc) is 2.03. The molecule has 0 aromatic heterocycles. The van der Waals surface area contributed by atoms with Gasteiger partial charge < -0.3 is 0 Å². The number of halogens is 3. The summed E-state index contributed by atoms with van der Waals surface area (Å²) in [6.45, 7) is 1.90. The van der Waals surface area contributed by atoms with Gasteiger partial charge in [-0.05, 0) is 0 Å². The molecule has 0 fully saturated rings. The second-order valence-corrected chi connectivity index (χ2v) is 5.01. The zero-order valence-electron chi connectivity index (χ0n) is 7.10. The maximum absolute atomic E-state index is 12.2. The maximum atomic E-state index is 12.2. The van der Waals surface area contributed by atoms with Gasteiger partial charge in [0, 0.05) is 0 Å². The molecule has 0 radical (unpaired) electrons. The molecule has 0 nitrogen and oxygen atoms in total. The van der Waals surface area contributed by atoms with Crippen LogP contribution in [-0.2, 0) is 6.18 Å². The van der Waals surface area contributed by atoms with E-state index in [0.717, 1.165) is 11.6 Å². The second kappa shape index (κ2) is 3.75. The Morgan fingerprint density at radius 1 is 1.31 bits per heavy atom. The van der Waals surface area contributed by atoms with Gasteiger partial charge in [-0.25, -0.2) is 0 Å². The third-order valence-corrected chi connectivity index (χ3v) is 2.55. The van der Waals surface area contributed by atoms with E-state index < -0.39 is 11.7 Å². The van der Waals surface area contributed by atoms with Crippen LogP contribution in [0, 0.1) is 0 Å². The molecule has 0 bridgehead atoms. The molecule has 13 heavy (non-hydrogen) atoms. The molecule has 0 aliphatic rings. The number of hydrogen-bond donors (Lipinski definition) is 0. The molecule has 72 valence electrons. The summed E-state index contributed by atoms with van der Waals surface area (Å²) in [7, 11) is 0. The van der Waals surface area contributed by atoms with Crippen LogP contribution < -0.4 is 0 Å². The van der Waals surface area contributed by atoms with E-state index in [4.69, 9.17) is 0 Å². The van der Waals surface area contributed by atoms with Crippen LogP contribution in [0.3, 0.4) is 0 Å². The molecule has 2 atom stereocenters. The first-order valence-corrected chi connectivity index (χ1v) is 5.24. The van der Waals surface area contributed by atoms with Gasteiger partial charge in [0.05, 0.1) is 0 Å². The van der Waals surface area contributed by atoms with Crippen molar-refractivity contribution >= 4 is 16.9 Å². The van der Waals surface area contributed by atoms with Crippen LogP contribution in [0.5, 0.6) is 0 Å². The topological polar surface area (TPSA) is 0 Å². The number of alkyl halides is 3. The summed E-state index contributed by atoms with van der Waals surface area (Å²) in [5, 5.41) is 0. The van der Waals surface area contributed by atoms with E-state index in [1.807, 2.05) is 6.92 Å². The Morgan fingerprint density at radius 3 is 2.38 bits per heavy atom. The van der Waals surface area contributed by atoms with Gasteiger partial charge in [-0.3, -0.25) is 0 Å². The first kappa shape index (κ1) is 10.6. The Balaban J connectivity index is 3.06. The van der Waals surface area contributed by atoms with Crippen molar-refractivity contribution in [2.45, 2.75) is 17.8 Å². The van der Waals surface area contributed by atoms with Crippen LogP contribution >= 0.6 is 0 Å². The number of rotatable bonds is 1. The second-order valence-electron chi connectivity index (χ2n) is 2.91. The van der Waals surface area contributed by atoms with Crippen LogP contribution in [-0.4, -0.2) is 16.9 Å². The van der Waals surface area contributed by atoms with Crippen LogP contribution in [0.2, 0.25) is 0 Å². The molecule has 0 saturated heterocycles. The number of benzene rings is 1. The molecular formula is C9H10AsF3. The summed E-state index contributed by atoms with van der Waals surface area (Å²) in [6, 6.07) is 5.49. The molecule has 0 saturated carbocycles. The van der Waals surface area contributed by atoms with Gasteiger partial charge in [-0.1, -0.05) is 0 Å². The van der Waals surface area contributed by atoms with Crippen molar-refractivity contribution in [3.05, 3.63) is 35.4 Å². The van der Waals surface area contributed by atoms with E-state index in [1.54, 1.807) is 6.07 Å². The molecule has 1 aromatic carbocycles. The molecule has 0 amide bonds. The summed E-state index contributed by atoms with van der Waals surface area (Å²) in [6.07, 6.45) is -4.22. The standard InChI is InChI=1S/C9H10AsF3/c1-6(10)7-3-2-4-8(5-7)9(11,12)13/h2-6H,10H2,1H3/t6-/m0/s1. The fourth-order valence-electron chi connectivity index (χ4n) is 0.998. The van der Waals surface area contributed by atoms with Crippen molar-refractivity contribution in [1.29, 1.82) is 0 Å². The Morgan fingerprint density at radius 2 is 1.92 bits per heavy atom. The minimum absolute atomic E-state index is 0.190. The molecule has 0 N–H and O–H groups in total. The fourth-order valence-corrected chi connectivity index (χ4v) is 1.43. The van der Waals surface area contributed by atoms with Gasteiger partial charge in [0.2, 0.25) is 0 Å². The summed E-state index contributed by atoms with van der Waals surface area (Å²) in [5.74, 6) is 0. The van der Waals surface area contributed by atoms with E-state index in [9.17, 15) is 13.2 Å². The molecule has 1 rings (SSSR count). The van der Waals surface area contributed by atoms with Gasteiger partial charge >= 0.3 is 83.2 Å². The fraction of sp³-hybridized carbons (Fsp3) is 0.333. The van der Waals surface area contributed by atoms with Gasteiger partial charge in [0.25, 0.3) is 0 Å². The summed E-state index contributed by atoms with van der Waals surface area (Å²) < 4.78 is 36.9. The third-order valence-electron chi connectivity index (χ3n) is 1.74. The normalized spacial score (nSPS) is 14.2. The Bertz CT molecular complexity index is 291. The zero-order chi connectivity index (χ0) is 10.1. The molecule has 0 aliphatic carbocycles. The van der Waals surface area contributed by atoms with Crippen LogP contribution in [0.4, 0.5) is 13.2 Å². The van der Waals surface area contributed by atoms with Crippen molar-refractivity contribution in [1.82, 2.24) is 0 Å². The van der Waals surface area contributed by atoms with E-state index in [2.05, 4.69) is 0 Å². The summed E-state index contributed by atoms with van der Waals surface area (Å²) in [4.78, 5) is 0. The predicted molar refractivity (Wildman–Crippen MR) is 48.4 cm³/mol. The molecule has 0 spiro atoms. The van der Waals surface area contributed by atoms with Gasteiger partial charge in [0.15, 0.2) is 0 Å². The van der Waals surface area contributed by atoms with Gasteiger partial charge in [-0.15, -0.1) is 0 Å². The summed E-state index contributed by atoms with van der Waals surface area (Å²) in [5.41, 5.74) is 0.185. The molecule has 1 aromatic rings. The molecule has 0 heterocycles. The molecular weight excluding hydrogens is 240 g/mol. The van der Waals surface area contributed by atoms with Gasteiger partial charge in [0.1, 0.15) is 0 Å². The monoisotopic (exact) mass is 250 g/mol. The molecule has 1 unspecified atom stereocenters. The third kappa shape index (κ3) is 2.77. The van der Waals surface area contributed by atoms with Crippen molar-refractivity contribution in [2.75, 3.05) is 0 Å². The first-order chi connectivity index (χ1) is 5.91. The van der Waals surface area contributed by atoms with Crippen molar-refractivity contribution < 1.29 is 13.2 Å². The van der Waals surface area contributed by atoms with E-state index >= 15 is 0 Å². The SMILES string of the molecule is C[C@H]([AsH2])c1cccc(C(F)(F)F)c1. The molecule has 4 heteroatoms. The van der Waals surface area contributed by atoms with Crippen LogP contribution in [0.1, 0.15) is 22.8 Å². The Hall–Kier alpha value is -0.432. The summed E-state index contributed by atoms with van der Waals surface area (Å²) >= 11 is 1.42. The Kier molecular flexibility index (Phi) is 3.07. The van der Waals surface area contributed by atoms with Crippen LogP contribution in [0.15, 0.2) is 24.3 Å². The van der Waals surface area contributed by atoms with Gasteiger partial charge in [-0.2, -0.15) is 0 Å². The average molecular weight is 250 g/mol. The van der Waals surface area contributed by atoms with Crippen molar-refractivity contribution in [3.63, 3.8) is 0 Å². The van der Waals surface area contributed by atoms with Crippen molar-refractivity contribution in [2.24, 2.45) is 0 Å². The first-order valence-electron chi connectivity index (χ1n) is 3.84.